The molecule has 0 atom stereocenters. The number of hydrogen-bond acceptors (Lipinski definition) is 7. The number of carbonyl (C=O) groups is 1. The highest BCUT2D eigenvalue weighted by Gasteiger charge is 2.29. The Morgan fingerprint density at radius 2 is 1.98 bits per heavy atom. The average molecular weight is 573 g/mol. The van der Waals surface area contributed by atoms with Gasteiger partial charge in [-0.3, -0.25) is 4.90 Å². The molecule has 0 bridgehead atoms. The lowest BCUT2D eigenvalue weighted by Crippen LogP contribution is -2.35. The molecule has 0 saturated carbocycles. The molecule has 0 aliphatic carbocycles. The van der Waals surface area contributed by atoms with E-state index >= 15 is 0 Å². The Morgan fingerprint density at radius 1 is 1.19 bits per heavy atom. The lowest BCUT2D eigenvalue weighted by molar-refractivity contribution is 0.0325. The van der Waals surface area contributed by atoms with Crippen molar-refractivity contribution in [1.82, 2.24) is 19.7 Å². The molecule has 222 valence electrons. The summed E-state index contributed by atoms with van der Waals surface area (Å²) in [6, 6.07) is 10.6. The van der Waals surface area contributed by atoms with Crippen molar-refractivity contribution in [1.29, 1.82) is 0 Å². The van der Waals surface area contributed by atoms with E-state index in [9.17, 15) is 9.90 Å². The Labute approximate surface area is 247 Å². The molecule has 2 aliphatic rings. The summed E-state index contributed by atoms with van der Waals surface area (Å²) in [7, 11) is 1.42. The van der Waals surface area contributed by atoms with Crippen LogP contribution in [0.15, 0.2) is 53.9 Å². The van der Waals surface area contributed by atoms with Gasteiger partial charge >= 0.3 is 5.97 Å². The van der Waals surface area contributed by atoms with Crippen LogP contribution < -0.4 is 4.74 Å². The van der Waals surface area contributed by atoms with Gasteiger partial charge in [0.2, 0.25) is 5.88 Å². The van der Waals surface area contributed by atoms with Crippen LogP contribution >= 0.6 is 0 Å². The molecule has 2 aliphatic heterocycles. The fourth-order valence-corrected chi connectivity index (χ4v) is 5.84. The van der Waals surface area contributed by atoms with Gasteiger partial charge in [-0.1, -0.05) is 31.2 Å². The van der Waals surface area contributed by atoms with Crippen molar-refractivity contribution >= 4 is 11.5 Å². The minimum atomic E-state index is -1.11. The van der Waals surface area contributed by atoms with Crippen LogP contribution in [-0.2, 0) is 29.2 Å². The van der Waals surface area contributed by atoms with Gasteiger partial charge in [0.25, 0.3) is 0 Å². The van der Waals surface area contributed by atoms with Gasteiger partial charge in [-0.2, -0.15) is 9.78 Å². The number of aromatic nitrogens is 3. The molecule has 42 heavy (non-hydrogen) atoms. The molecule has 9 heteroatoms. The molecule has 5 rings (SSSR count). The Kier molecular flexibility index (Phi) is 9.09. The molecule has 1 aromatic carbocycles. The maximum absolute atomic E-state index is 11.6. The first-order valence-corrected chi connectivity index (χ1v) is 14.6. The van der Waals surface area contributed by atoms with E-state index in [4.69, 9.17) is 19.2 Å². The van der Waals surface area contributed by atoms with Crippen molar-refractivity contribution in [2.24, 2.45) is 0 Å². The van der Waals surface area contributed by atoms with E-state index in [-0.39, 0.29) is 11.4 Å². The number of nitrogens with zero attached hydrogens (tertiary/aromatic N) is 4. The molecular formula is C33H40N4O5. The number of benzene rings is 1. The maximum Gasteiger partial charge on any atom is 0.342 e. The van der Waals surface area contributed by atoms with Crippen molar-refractivity contribution in [2.75, 3.05) is 20.3 Å². The molecule has 4 heterocycles. The van der Waals surface area contributed by atoms with Crippen LogP contribution in [0.5, 0.6) is 5.88 Å². The van der Waals surface area contributed by atoms with Gasteiger partial charge in [0, 0.05) is 37.9 Å². The molecule has 3 aromatic rings. The first-order valence-electron chi connectivity index (χ1n) is 14.6. The predicted octanol–water partition coefficient (Wildman–Crippen LogP) is 6.08. The van der Waals surface area contributed by atoms with E-state index in [1.54, 1.807) is 6.07 Å². The van der Waals surface area contributed by atoms with Crippen LogP contribution in [0.2, 0.25) is 0 Å². The number of carboxylic acids is 1. The summed E-state index contributed by atoms with van der Waals surface area (Å²) in [4.78, 5) is 19.1. The number of rotatable bonds is 10. The van der Waals surface area contributed by atoms with Crippen LogP contribution in [0.1, 0.15) is 78.3 Å². The molecule has 2 aromatic heterocycles. The Morgan fingerprint density at radius 3 is 2.67 bits per heavy atom. The molecule has 0 radical (unpaired) electrons. The topological polar surface area (TPSA) is 98.9 Å². The summed E-state index contributed by atoms with van der Waals surface area (Å²) in [6.45, 7) is 12.5. The smallest absolute Gasteiger partial charge is 0.342 e. The number of pyridine rings is 1. The molecule has 1 saturated heterocycles. The second-order valence-electron chi connectivity index (χ2n) is 10.9. The quantitative estimate of drug-likeness (QED) is 0.231. The van der Waals surface area contributed by atoms with Gasteiger partial charge in [0.1, 0.15) is 17.9 Å². The first-order chi connectivity index (χ1) is 20.4. The van der Waals surface area contributed by atoms with Crippen molar-refractivity contribution in [3.8, 4) is 11.7 Å². The predicted molar refractivity (Wildman–Crippen MR) is 161 cm³/mol. The monoisotopic (exact) mass is 572 g/mol. The third-order valence-corrected chi connectivity index (χ3v) is 8.45. The summed E-state index contributed by atoms with van der Waals surface area (Å²) in [5, 5.41) is 13.7. The Balaban J connectivity index is 1.38. The van der Waals surface area contributed by atoms with Crippen LogP contribution in [-0.4, -0.2) is 57.1 Å². The Hall–Kier alpha value is -3.95. The highest BCUT2D eigenvalue weighted by atomic mass is 16.5. The number of ether oxygens (including phenoxy) is 3. The van der Waals surface area contributed by atoms with E-state index in [0.29, 0.717) is 24.2 Å². The zero-order chi connectivity index (χ0) is 29.8. The van der Waals surface area contributed by atoms with E-state index < -0.39 is 5.97 Å². The SMILES string of the molecule is C/C=C(\C(OCc1ccc2c(c1C)CN(C1CCOCC1)C2)=C(\C)CC)c1cccc(-n2ncc(C(=O)O)c2OC)n1. The van der Waals surface area contributed by atoms with Crippen LogP contribution in [0.4, 0.5) is 0 Å². The highest BCUT2D eigenvalue weighted by molar-refractivity contribution is 5.90. The van der Waals surface area contributed by atoms with Crippen LogP contribution in [0.25, 0.3) is 11.4 Å². The molecule has 1 fully saturated rings. The van der Waals surface area contributed by atoms with Crippen molar-refractivity contribution in [2.45, 2.75) is 72.7 Å². The normalized spacial score (nSPS) is 16.7. The second kappa shape index (κ2) is 12.9. The van der Waals surface area contributed by atoms with Gasteiger partial charge in [0.05, 0.1) is 19.0 Å². The molecule has 0 spiro atoms. The number of hydrogen-bond donors (Lipinski definition) is 1. The molecule has 0 amide bonds. The van der Waals surface area contributed by atoms with Gasteiger partial charge in [0.15, 0.2) is 5.82 Å². The number of methoxy groups -OCH3 is 1. The minimum Gasteiger partial charge on any atom is -0.488 e. The highest BCUT2D eigenvalue weighted by Crippen LogP contribution is 2.34. The van der Waals surface area contributed by atoms with Crippen LogP contribution in [0.3, 0.4) is 0 Å². The maximum atomic E-state index is 11.6. The molecule has 9 nitrogen and oxygen atoms in total. The molecule has 0 unspecified atom stereocenters. The lowest BCUT2D eigenvalue weighted by atomic mass is 9.99. The fourth-order valence-electron chi connectivity index (χ4n) is 5.84. The summed E-state index contributed by atoms with van der Waals surface area (Å²) < 4.78 is 19.0. The van der Waals surface area contributed by atoms with E-state index in [2.05, 4.69) is 42.9 Å². The second-order valence-corrected chi connectivity index (χ2v) is 10.9. The number of allylic oxidation sites excluding steroid dienone is 3. The molecule has 1 N–H and O–H groups in total. The summed E-state index contributed by atoms with van der Waals surface area (Å²) in [6.07, 6.45) is 6.30. The number of aromatic carboxylic acids is 1. The number of fused-ring (bicyclic) bond motifs is 1. The largest absolute Gasteiger partial charge is 0.488 e. The van der Waals surface area contributed by atoms with E-state index in [0.717, 1.165) is 62.5 Å². The van der Waals surface area contributed by atoms with Crippen molar-refractivity contribution in [3.05, 3.63) is 87.4 Å². The first kappa shape index (κ1) is 29.5. The lowest BCUT2D eigenvalue weighted by Gasteiger charge is -2.30. The van der Waals surface area contributed by atoms with E-state index in [1.165, 1.54) is 40.2 Å². The van der Waals surface area contributed by atoms with Crippen molar-refractivity contribution in [3.63, 3.8) is 0 Å². The summed E-state index contributed by atoms with van der Waals surface area (Å²) in [5.41, 5.74) is 7.98. The average Bonchev–Trinajstić information content (AvgIpc) is 3.66. The minimum absolute atomic E-state index is 0.0256. The fraction of sp³-hybridized carbons (Fsp3) is 0.424. The number of carboxylic acid groups (broad SMARTS) is 1. The van der Waals surface area contributed by atoms with Crippen LogP contribution in [0, 0.1) is 6.92 Å². The summed E-state index contributed by atoms with van der Waals surface area (Å²) in [5.74, 6) is 0.257. The third-order valence-electron chi connectivity index (χ3n) is 8.45. The zero-order valence-electron chi connectivity index (χ0n) is 25.1. The standard InChI is InChI=1S/C33H40N4O5/c1-6-21(3)31(26(7-2)29-9-8-10-30(35-29)37-32(40-5)27(17-34-37)33(38)39)42-20-24-12-11-23-18-36(19-28(23)22(24)4)25-13-15-41-16-14-25/h7-12,17,25H,6,13-16,18-20H2,1-5H3,(H,38,39)/b26-7-,31-21+. The van der Waals surface area contributed by atoms with Gasteiger partial charge < -0.3 is 19.3 Å². The van der Waals surface area contributed by atoms with Crippen molar-refractivity contribution < 1.29 is 24.1 Å². The summed E-state index contributed by atoms with van der Waals surface area (Å²) >= 11 is 0. The van der Waals surface area contributed by atoms with Gasteiger partial charge in [-0.25, -0.2) is 9.78 Å². The molecular weight excluding hydrogens is 532 g/mol. The van der Waals surface area contributed by atoms with Gasteiger partial charge in [-0.15, -0.1) is 0 Å². The van der Waals surface area contributed by atoms with Gasteiger partial charge in [-0.05, 0) is 80.0 Å². The zero-order valence-corrected chi connectivity index (χ0v) is 25.1. The van der Waals surface area contributed by atoms with E-state index in [1.807, 2.05) is 25.1 Å². The Bertz CT molecular complexity index is 1520. The third kappa shape index (κ3) is 5.84.